The second kappa shape index (κ2) is 10.2. The van der Waals surface area contributed by atoms with Crippen LogP contribution in [-0.2, 0) is 16.1 Å². The van der Waals surface area contributed by atoms with E-state index in [-0.39, 0.29) is 31.0 Å². The molecule has 0 saturated heterocycles. The Morgan fingerprint density at radius 3 is 2.41 bits per heavy atom. The third-order valence-electron chi connectivity index (χ3n) is 5.75. The van der Waals surface area contributed by atoms with E-state index >= 15 is 0 Å². The summed E-state index contributed by atoms with van der Waals surface area (Å²) < 4.78 is 7.83. The highest BCUT2D eigenvalue weighted by Gasteiger charge is 2.33. The normalized spacial score (nSPS) is 15.2. The Labute approximate surface area is 189 Å². The summed E-state index contributed by atoms with van der Waals surface area (Å²) in [5.41, 5.74) is 2.16. The number of aromatic nitrogens is 1. The lowest BCUT2D eigenvalue weighted by molar-refractivity contribution is -0.143. The molecule has 1 atom stereocenters. The molecule has 1 aliphatic rings. The van der Waals surface area contributed by atoms with Crippen LogP contribution in [-0.4, -0.2) is 52.4 Å². The van der Waals surface area contributed by atoms with Crippen LogP contribution >= 0.6 is 0 Å². The van der Waals surface area contributed by atoms with Gasteiger partial charge in [-0.25, -0.2) is 0 Å². The summed E-state index contributed by atoms with van der Waals surface area (Å²) in [6.07, 6.45) is 2.83. The topological polar surface area (TPSA) is 54.8 Å². The van der Waals surface area contributed by atoms with E-state index in [0.29, 0.717) is 18.8 Å². The van der Waals surface area contributed by atoms with Crippen LogP contribution in [0.3, 0.4) is 0 Å². The highest BCUT2D eigenvalue weighted by atomic mass is 16.5. The molecule has 0 aliphatic carbocycles. The number of fused-ring (bicyclic) bond motifs is 1. The van der Waals surface area contributed by atoms with E-state index in [1.165, 1.54) is 0 Å². The van der Waals surface area contributed by atoms with Gasteiger partial charge in [0.25, 0.3) is 5.91 Å². The third kappa shape index (κ3) is 4.85. The van der Waals surface area contributed by atoms with Gasteiger partial charge in [-0.1, -0.05) is 55.5 Å². The molecule has 1 aromatic heterocycles. The molecule has 3 aromatic rings. The lowest BCUT2D eigenvalue weighted by Gasteiger charge is -2.38. The number of amides is 2. The van der Waals surface area contributed by atoms with Gasteiger partial charge in [0.05, 0.1) is 12.6 Å². The summed E-state index contributed by atoms with van der Waals surface area (Å²) in [6, 6.07) is 23.3. The maximum absolute atomic E-state index is 13.5. The van der Waals surface area contributed by atoms with Crippen LogP contribution in [0.2, 0.25) is 0 Å². The zero-order valence-corrected chi connectivity index (χ0v) is 18.4. The summed E-state index contributed by atoms with van der Waals surface area (Å²) in [6.45, 7) is 3.84. The second-order valence-electron chi connectivity index (χ2n) is 7.94. The van der Waals surface area contributed by atoms with Gasteiger partial charge >= 0.3 is 0 Å². The lowest BCUT2D eigenvalue weighted by atomic mass is 10.00. The molecule has 166 valence electrons. The van der Waals surface area contributed by atoms with Crippen molar-refractivity contribution in [2.75, 3.05) is 26.2 Å². The molecule has 0 N–H and O–H groups in total. The molecule has 1 aliphatic heterocycles. The Morgan fingerprint density at radius 2 is 1.69 bits per heavy atom. The Morgan fingerprint density at radius 1 is 0.969 bits per heavy atom. The molecule has 6 heteroatoms. The van der Waals surface area contributed by atoms with E-state index in [0.717, 1.165) is 24.2 Å². The van der Waals surface area contributed by atoms with Crippen molar-refractivity contribution < 1.29 is 14.3 Å². The number of carbonyl (C=O) groups is 2. The minimum atomic E-state index is -0.180. The van der Waals surface area contributed by atoms with E-state index in [2.05, 4.69) is 29.0 Å². The van der Waals surface area contributed by atoms with E-state index in [4.69, 9.17) is 4.74 Å². The molecule has 0 saturated carbocycles. The molecular weight excluding hydrogens is 402 g/mol. The first-order chi connectivity index (χ1) is 15.7. The van der Waals surface area contributed by atoms with Crippen LogP contribution < -0.4 is 4.74 Å². The van der Waals surface area contributed by atoms with Gasteiger partial charge in [-0.3, -0.25) is 9.59 Å². The highest BCUT2D eigenvalue weighted by molar-refractivity contribution is 5.86. The van der Waals surface area contributed by atoms with Crippen molar-refractivity contribution in [3.05, 3.63) is 90.3 Å². The maximum Gasteiger partial charge on any atom is 0.260 e. The maximum atomic E-state index is 13.5. The SMILES string of the molecule is CCCN(CC(=O)N1CCn2cccc2C1c1ccccc1)C(=O)COc1ccccc1. The van der Waals surface area contributed by atoms with Crippen LogP contribution in [0.4, 0.5) is 0 Å². The molecule has 32 heavy (non-hydrogen) atoms. The average Bonchev–Trinajstić information content (AvgIpc) is 3.31. The number of hydrogen-bond acceptors (Lipinski definition) is 3. The summed E-state index contributed by atoms with van der Waals surface area (Å²) in [4.78, 5) is 29.8. The first-order valence-corrected chi connectivity index (χ1v) is 11.1. The van der Waals surface area contributed by atoms with Crippen molar-refractivity contribution in [3.8, 4) is 5.75 Å². The molecule has 2 aromatic carbocycles. The standard InChI is InChI=1S/C26H29N3O3/c1-2-15-28(25(31)20-32-22-12-7-4-8-13-22)19-24(30)29-18-17-27-16-9-14-23(27)26(29)21-10-5-3-6-11-21/h3-14,16,26H,2,15,17-20H2,1H3. The Balaban J connectivity index is 1.49. The highest BCUT2D eigenvalue weighted by Crippen LogP contribution is 2.32. The van der Waals surface area contributed by atoms with Crippen molar-refractivity contribution in [1.82, 2.24) is 14.4 Å². The fourth-order valence-electron chi connectivity index (χ4n) is 4.21. The van der Waals surface area contributed by atoms with E-state index in [1.54, 1.807) is 4.90 Å². The lowest BCUT2D eigenvalue weighted by Crippen LogP contribution is -2.48. The van der Waals surface area contributed by atoms with Crippen LogP contribution in [0.25, 0.3) is 0 Å². The molecule has 2 heterocycles. The van der Waals surface area contributed by atoms with Crippen molar-refractivity contribution in [2.24, 2.45) is 0 Å². The van der Waals surface area contributed by atoms with Crippen molar-refractivity contribution >= 4 is 11.8 Å². The summed E-state index contributed by atoms with van der Waals surface area (Å²) in [5.74, 6) is 0.415. The summed E-state index contributed by atoms with van der Waals surface area (Å²) in [7, 11) is 0. The zero-order valence-electron chi connectivity index (χ0n) is 18.4. The van der Waals surface area contributed by atoms with Gasteiger partial charge in [0, 0.05) is 31.5 Å². The average molecular weight is 432 g/mol. The molecule has 0 bridgehead atoms. The second-order valence-corrected chi connectivity index (χ2v) is 7.94. The van der Waals surface area contributed by atoms with Gasteiger partial charge in [0.15, 0.2) is 6.61 Å². The molecule has 0 radical (unpaired) electrons. The summed E-state index contributed by atoms with van der Waals surface area (Å²) in [5, 5.41) is 0. The van der Waals surface area contributed by atoms with Crippen LogP contribution in [0.15, 0.2) is 79.0 Å². The largest absolute Gasteiger partial charge is 0.484 e. The number of ether oxygens (including phenoxy) is 1. The van der Waals surface area contributed by atoms with E-state index in [9.17, 15) is 9.59 Å². The summed E-state index contributed by atoms with van der Waals surface area (Å²) >= 11 is 0. The van der Waals surface area contributed by atoms with Gasteiger partial charge < -0.3 is 19.1 Å². The van der Waals surface area contributed by atoms with Gasteiger partial charge in [-0.05, 0) is 36.2 Å². The molecule has 0 fully saturated rings. The zero-order chi connectivity index (χ0) is 22.3. The first-order valence-electron chi connectivity index (χ1n) is 11.1. The number of nitrogens with zero attached hydrogens (tertiary/aromatic N) is 3. The molecule has 4 rings (SSSR count). The minimum Gasteiger partial charge on any atom is -0.484 e. The molecular formula is C26H29N3O3. The van der Waals surface area contributed by atoms with Gasteiger partial charge in [-0.2, -0.15) is 0 Å². The third-order valence-corrected chi connectivity index (χ3v) is 5.75. The predicted molar refractivity (Wildman–Crippen MR) is 123 cm³/mol. The van der Waals surface area contributed by atoms with Crippen molar-refractivity contribution in [3.63, 3.8) is 0 Å². The van der Waals surface area contributed by atoms with Crippen molar-refractivity contribution in [2.45, 2.75) is 25.9 Å². The molecule has 0 spiro atoms. The molecule has 1 unspecified atom stereocenters. The fourth-order valence-corrected chi connectivity index (χ4v) is 4.21. The number of rotatable bonds is 8. The van der Waals surface area contributed by atoms with Gasteiger partial charge in [-0.15, -0.1) is 0 Å². The minimum absolute atomic E-state index is 0.0483. The van der Waals surface area contributed by atoms with Crippen molar-refractivity contribution in [1.29, 1.82) is 0 Å². The monoisotopic (exact) mass is 431 g/mol. The van der Waals surface area contributed by atoms with E-state index in [1.807, 2.05) is 66.4 Å². The van der Waals surface area contributed by atoms with Crippen LogP contribution in [0, 0.1) is 0 Å². The smallest absolute Gasteiger partial charge is 0.260 e. The Hall–Kier alpha value is -3.54. The number of benzene rings is 2. The Kier molecular flexibility index (Phi) is 6.90. The van der Waals surface area contributed by atoms with Gasteiger partial charge in [0.1, 0.15) is 5.75 Å². The Bertz CT molecular complexity index is 1030. The first kappa shape index (κ1) is 21.7. The van der Waals surface area contributed by atoms with Crippen LogP contribution in [0.1, 0.15) is 30.6 Å². The number of hydrogen-bond donors (Lipinski definition) is 0. The molecule has 2 amide bonds. The quantitative estimate of drug-likeness (QED) is 0.546. The fraction of sp³-hybridized carbons (Fsp3) is 0.308. The molecule has 6 nitrogen and oxygen atoms in total. The van der Waals surface area contributed by atoms with E-state index < -0.39 is 0 Å². The number of para-hydroxylation sites is 1. The predicted octanol–water partition coefficient (Wildman–Crippen LogP) is 3.74. The van der Waals surface area contributed by atoms with Gasteiger partial charge in [0.2, 0.25) is 5.91 Å². The van der Waals surface area contributed by atoms with Crippen LogP contribution in [0.5, 0.6) is 5.75 Å². The number of carbonyl (C=O) groups excluding carboxylic acids is 2.